The fourth-order valence-corrected chi connectivity index (χ4v) is 4.83. The average Bonchev–Trinajstić information content (AvgIpc) is 2.82. The average molecular weight is 562 g/mol. The molecule has 7 nitrogen and oxygen atoms in total. The van der Waals surface area contributed by atoms with Crippen LogP contribution >= 0.6 is 0 Å². The summed E-state index contributed by atoms with van der Waals surface area (Å²) in [4.78, 5) is 15.8. The van der Waals surface area contributed by atoms with Gasteiger partial charge in [0.25, 0.3) is 0 Å². The number of ether oxygens (including phenoxy) is 1. The van der Waals surface area contributed by atoms with E-state index in [1.807, 2.05) is 0 Å². The van der Waals surface area contributed by atoms with Gasteiger partial charge in [0.05, 0.1) is 33.7 Å². The highest BCUT2D eigenvalue weighted by molar-refractivity contribution is 7.81. The van der Waals surface area contributed by atoms with Crippen molar-refractivity contribution in [1.29, 1.82) is 0 Å². The van der Waals surface area contributed by atoms with Gasteiger partial charge in [-0.2, -0.15) is 0 Å². The Morgan fingerprint density at radius 2 is 1.74 bits per heavy atom. The van der Waals surface area contributed by atoms with Crippen LogP contribution in [0.25, 0.3) is 22.0 Å². The van der Waals surface area contributed by atoms with Crippen LogP contribution in [0.15, 0.2) is 66.9 Å². The summed E-state index contributed by atoms with van der Waals surface area (Å²) < 4.78 is 84.0. The molecule has 0 amide bonds. The molecule has 0 saturated heterocycles. The second kappa shape index (κ2) is 10.3. The fourth-order valence-electron chi connectivity index (χ4n) is 4.23. The van der Waals surface area contributed by atoms with E-state index < -0.39 is 40.6 Å². The lowest BCUT2D eigenvalue weighted by Gasteiger charge is -2.30. The van der Waals surface area contributed by atoms with E-state index in [0.717, 1.165) is 28.6 Å². The molecule has 0 radical (unpaired) electrons. The van der Waals surface area contributed by atoms with Crippen LogP contribution in [0.3, 0.4) is 0 Å². The third-order valence-electron chi connectivity index (χ3n) is 5.85. The lowest BCUT2D eigenvalue weighted by Crippen LogP contribution is -2.22. The summed E-state index contributed by atoms with van der Waals surface area (Å²) >= 11 is -3.05. The standard InChI is InChI=1S/C27H22F4N2O5S/c1-26(2,3)21-10-6-15(13-22(21)28)33(39(36)37)23-11-7-16(38-27(29,30)31)14-20(23)17-8-9-19(25(34)35)24-18(17)5-4-12-32-24/h4-14H,1-3H3,(H,34,35)(H,36,37)/p-1. The lowest BCUT2D eigenvalue weighted by atomic mass is 9.86. The molecule has 1 N–H and O–H groups in total. The monoisotopic (exact) mass is 561 g/mol. The van der Waals surface area contributed by atoms with Crippen molar-refractivity contribution < 1.29 is 41.0 Å². The first-order chi connectivity index (χ1) is 18.2. The van der Waals surface area contributed by atoms with Gasteiger partial charge in [-0.25, -0.2) is 9.18 Å². The molecule has 39 heavy (non-hydrogen) atoms. The largest absolute Gasteiger partial charge is 0.755 e. The van der Waals surface area contributed by atoms with E-state index in [1.54, 1.807) is 20.8 Å². The molecule has 0 fully saturated rings. The summed E-state index contributed by atoms with van der Waals surface area (Å²) in [7, 11) is 0. The molecule has 4 aromatic rings. The molecule has 1 aromatic heterocycles. The SMILES string of the molecule is CC(C)(C)c1ccc(N(c2ccc(OC(F)(F)F)cc2-c2ccc(C(=O)O)c3ncccc23)S(=O)[O-])cc1F. The molecule has 12 heteroatoms. The van der Waals surface area contributed by atoms with Crippen molar-refractivity contribution in [2.45, 2.75) is 32.5 Å². The number of carbonyl (C=O) groups is 1. The molecule has 0 aliphatic rings. The Balaban J connectivity index is 2.01. The quantitative estimate of drug-likeness (QED) is 0.204. The molecular formula is C27H21F4N2O5S-. The van der Waals surface area contributed by atoms with E-state index >= 15 is 4.39 Å². The summed E-state index contributed by atoms with van der Waals surface area (Å²) in [6, 6.07) is 12.4. The maximum Gasteiger partial charge on any atom is 0.573 e. The van der Waals surface area contributed by atoms with E-state index in [2.05, 4.69) is 9.72 Å². The topological polar surface area (TPSA) is 103 Å². The van der Waals surface area contributed by atoms with E-state index in [9.17, 15) is 31.8 Å². The highest BCUT2D eigenvalue weighted by Gasteiger charge is 2.32. The molecule has 1 atom stereocenters. The minimum Gasteiger partial charge on any atom is -0.755 e. The van der Waals surface area contributed by atoms with Crippen LogP contribution in [0, 0.1) is 5.82 Å². The second-order valence-corrected chi connectivity index (χ2v) is 10.3. The number of halogens is 4. The van der Waals surface area contributed by atoms with E-state index in [1.165, 1.54) is 42.6 Å². The molecule has 4 rings (SSSR count). The number of carboxylic acids is 1. The molecule has 1 unspecified atom stereocenters. The van der Waals surface area contributed by atoms with Gasteiger partial charge in [0, 0.05) is 17.1 Å². The van der Waals surface area contributed by atoms with Gasteiger partial charge in [0.1, 0.15) is 11.6 Å². The molecule has 0 spiro atoms. The smallest absolute Gasteiger partial charge is 0.573 e. The number of alkyl halides is 3. The van der Waals surface area contributed by atoms with E-state index in [-0.39, 0.29) is 39.0 Å². The predicted molar refractivity (Wildman–Crippen MR) is 137 cm³/mol. The zero-order valence-electron chi connectivity index (χ0n) is 20.7. The number of aromatic carboxylic acids is 1. The molecule has 0 aliphatic heterocycles. The summed E-state index contributed by atoms with van der Waals surface area (Å²) in [5.74, 6) is -2.60. The van der Waals surface area contributed by atoms with Crippen molar-refractivity contribution in [1.82, 2.24) is 4.98 Å². The van der Waals surface area contributed by atoms with Crippen LogP contribution in [-0.2, 0) is 16.7 Å². The Hall–Kier alpha value is -4.03. The summed E-state index contributed by atoms with van der Waals surface area (Å²) in [5.41, 5.74) is -0.502. The van der Waals surface area contributed by atoms with Gasteiger partial charge in [0.15, 0.2) is 0 Å². The van der Waals surface area contributed by atoms with Crippen molar-refractivity contribution in [2.24, 2.45) is 0 Å². The highest BCUT2D eigenvalue weighted by Crippen LogP contribution is 2.43. The van der Waals surface area contributed by atoms with Crippen LogP contribution in [-0.4, -0.2) is 31.2 Å². The number of carboxylic acid groups (broad SMARTS) is 1. The van der Waals surface area contributed by atoms with Crippen molar-refractivity contribution in [3.63, 3.8) is 0 Å². The molecule has 0 aliphatic carbocycles. The highest BCUT2D eigenvalue weighted by atomic mass is 32.2. The van der Waals surface area contributed by atoms with Gasteiger partial charge in [-0.15, -0.1) is 13.2 Å². The predicted octanol–water partition coefficient (Wildman–Crippen LogP) is 6.87. The zero-order valence-corrected chi connectivity index (χ0v) is 21.6. The number of benzene rings is 3. The third kappa shape index (κ3) is 5.86. The zero-order chi connectivity index (χ0) is 28.7. The first-order valence-electron chi connectivity index (χ1n) is 11.4. The number of fused-ring (bicyclic) bond motifs is 1. The van der Waals surface area contributed by atoms with Crippen LogP contribution in [0.2, 0.25) is 0 Å². The van der Waals surface area contributed by atoms with Gasteiger partial charge in [0.2, 0.25) is 0 Å². The van der Waals surface area contributed by atoms with Crippen LogP contribution in [0.1, 0.15) is 36.7 Å². The molecule has 204 valence electrons. The Labute approximate surface area is 223 Å². The number of hydrogen-bond donors (Lipinski definition) is 1. The van der Waals surface area contributed by atoms with Crippen molar-refractivity contribution >= 4 is 39.5 Å². The Morgan fingerprint density at radius 3 is 2.33 bits per heavy atom. The van der Waals surface area contributed by atoms with Crippen molar-refractivity contribution in [3.8, 4) is 16.9 Å². The summed E-state index contributed by atoms with van der Waals surface area (Å²) in [6.07, 6.45) is -3.69. The Kier molecular flexibility index (Phi) is 7.37. The van der Waals surface area contributed by atoms with Gasteiger partial charge in [-0.1, -0.05) is 39.0 Å². The number of hydrogen-bond acceptors (Lipinski definition) is 5. The van der Waals surface area contributed by atoms with Crippen molar-refractivity contribution in [3.05, 3.63) is 83.8 Å². The maximum absolute atomic E-state index is 15.1. The molecule has 1 heterocycles. The Morgan fingerprint density at radius 1 is 1.03 bits per heavy atom. The van der Waals surface area contributed by atoms with Gasteiger partial charge in [-0.05, 0) is 59.0 Å². The summed E-state index contributed by atoms with van der Waals surface area (Å²) in [5, 5.41) is 9.81. The van der Waals surface area contributed by atoms with Crippen LogP contribution in [0.5, 0.6) is 5.75 Å². The van der Waals surface area contributed by atoms with Gasteiger partial charge < -0.3 is 14.4 Å². The van der Waals surface area contributed by atoms with Gasteiger partial charge >= 0.3 is 12.3 Å². The molecule has 0 saturated carbocycles. The number of rotatable bonds is 6. The van der Waals surface area contributed by atoms with Crippen molar-refractivity contribution in [2.75, 3.05) is 4.31 Å². The fraction of sp³-hybridized carbons (Fsp3) is 0.185. The third-order valence-corrected chi connectivity index (χ3v) is 6.56. The molecular weight excluding hydrogens is 540 g/mol. The first kappa shape index (κ1) is 28.0. The van der Waals surface area contributed by atoms with Crippen LogP contribution in [0.4, 0.5) is 28.9 Å². The molecule has 0 bridgehead atoms. The molecule has 3 aromatic carbocycles. The van der Waals surface area contributed by atoms with Crippen LogP contribution < -0.4 is 9.04 Å². The van der Waals surface area contributed by atoms with E-state index in [4.69, 9.17) is 0 Å². The Bertz CT molecular complexity index is 1600. The van der Waals surface area contributed by atoms with Gasteiger partial charge in [-0.3, -0.25) is 13.5 Å². The second-order valence-electron chi connectivity index (χ2n) is 9.52. The minimum absolute atomic E-state index is 0.0333. The summed E-state index contributed by atoms with van der Waals surface area (Å²) in [6.45, 7) is 5.35. The number of nitrogens with zero attached hydrogens (tertiary/aromatic N) is 2. The lowest BCUT2D eigenvalue weighted by molar-refractivity contribution is -0.274. The maximum atomic E-state index is 15.1. The normalized spacial score (nSPS) is 12.8. The number of pyridine rings is 1. The number of anilines is 2. The number of aromatic nitrogens is 1. The first-order valence-corrected chi connectivity index (χ1v) is 12.4. The minimum atomic E-state index is -5.04. The van der Waals surface area contributed by atoms with E-state index in [0.29, 0.717) is 5.56 Å².